The van der Waals surface area contributed by atoms with Crippen LogP contribution in [0.2, 0.25) is 10.0 Å². The van der Waals surface area contributed by atoms with Crippen LogP contribution < -0.4 is 19.5 Å². The summed E-state index contributed by atoms with van der Waals surface area (Å²) in [6.07, 6.45) is 3.04. The van der Waals surface area contributed by atoms with Gasteiger partial charge in [-0.05, 0) is 55.3 Å². The minimum Gasteiger partial charge on any atom is -0.492 e. The van der Waals surface area contributed by atoms with Crippen LogP contribution >= 0.6 is 23.2 Å². The van der Waals surface area contributed by atoms with Gasteiger partial charge in [0.2, 0.25) is 0 Å². The quantitative estimate of drug-likeness (QED) is 0.0786. The molecule has 0 aliphatic rings. The third-order valence-corrected chi connectivity index (χ3v) is 8.90. The van der Waals surface area contributed by atoms with Crippen LogP contribution in [0, 0.1) is 18.3 Å². The van der Waals surface area contributed by atoms with E-state index in [-0.39, 0.29) is 39.6 Å². The van der Waals surface area contributed by atoms with Crippen LogP contribution in [0.4, 0.5) is 0 Å². The van der Waals surface area contributed by atoms with Crippen LogP contribution in [-0.4, -0.2) is 89.0 Å². The minimum absolute atomic E-state index is 0.135. The summed E-state index contributed by atoms with van der Waals surface area (Å²) in [6, 6.07) is 18.3. The maximum Gasteiger partial charge on any atom is 0.142 e. The van der Waals surface area contributed by atoms with Gasteiger partial charge in [0, 0.05) is 54.8 Å². The van der Waals surface area contributed by atoms with Crippen LogP contribution in [0.3, 0.4) is 0 Å². The highest BCUT2D eigenvalue weighted by molar-refractivity contribution is 6.35. The molecule has 0 bridgehead atoms. The number of aliphatic hydroxyl groups excluding tert-OH is 4. The molecule has 3 aromatic carbocycles. The molecule has 0 unspecified atom stereocenters. The normalized spacial score (nSPS) is 11.9. The van der Waals surface area contributed by atoms with Gasteiger partial charge < -0.3 is 44.9 Å². The maximum atomic E-state index is 9.64. The van der Waals surface area contributed by atoms with E-state index in [0.717, 1.165) is 22.3 Å². The van der Waals surface area contributed by atoms with Gasteiger partial charge in [-0.1, -0.05) is 53.5 Å². The molecule has 1 heterocycles. The molecule has 5 N–H and O–H groups in total. The Morgan fingerprint density at radius 2 is 1.63 bits per heavy atom. The van der Waals surface area contributed by atoms with Gasteiger partial charge in [0.1, 0.15) is 36.5 Å². The zero-order valence-electron chi connectivity index (χ0n) is 28.7. The van der Waals surface area contributed by atoms with E-state index in [2.05, 4.69) is 16.4 Å². The molecule has 0 aliphatic heterocycles. The highest BCUT2D eigenvalue weighted by atomic mass is 35.5. The number of benzene rings is 3. The van der Waals surface area contributed by atoms with Gasteiger partial charge >= 0.3 is 0 Å². The number of aromatic nitrogens is 1. The number of nitrogens with one attached hydrogen (secondary N) is 1. The predicted molar refractivity (Wildman–Crippen MR) is 196 cm³/mol. The van der Waals surface area contributed by atoms with Crippen molar-refractivity contribution in [3.05, 3.63) is 105 Å². The smallest absolute Gasteiger partial charge is 0.142 e. The van der Waals surface area contributed by atoms with E-state index in [1.165, 1.54) is 6.20 Å². The number of rotatable bonds is 20. The first-order valence-corrected chi connectivity index (χ1v) is 17.3. The molecule has 1 atom stereocenters. The summed E-state index contributed by atoms with van der Waals surface area (Å²) in [4.78, 5) is 6.04. The number of nitriles is 1. The first-order chi connectivity index (χ1) is 24.7. The van der Waals surface area contributed by atoms with E-state index in [9.17, 15) is 20.6 Å². The van der Waals surface area contributed by atoms with E-state index in [0.29, 0.717) is 70.1 Å². The summed E-state index contributed by atoms with van der Waals surface area (Å²) in [5.74, 6) is 1.44. The van der Waals surface area contributed by atoms with E-state index in [1.807, 2.05) is 55.3 Å². The van der Waals surface area contributed by atoms with Crippen LogP contribution in [0.15, 0.2) is 67.0 Å². The number of halogens is 2. The topological polar surface area (TPSA) is 161 Å². The summed E-state index contributed by atoms with van der Waals surface area (Å²) in [5.41, 5.74) is 5.45. The van der Waals surface area contributed by atoms with Crippen LogP contribution in [0.1, 0.15) is 34.2 Å². The molecule has 0 saturated carbocycles. The van der Waals surface area contributed by atoms with Crippen molar-refractivity contribution in [3.63, 3.8) is 0 Å². The lowest BCUT2D eigenvalue weighted by Crippen LogP contribution is -2.35. The van der Waals surface area contributed by atoms with E-state index in [1.54, 1.807) is 24.4 Å². The Kier molecular flexibility index (Phi) is 15.8. The Morgan fingerprint density at radius 1 is 0.882 bits per heavy atom. The molecule has 51 heavy (non-hydrogen) atoms. The average Bonchev–Trinajstić information content (AvgIpc) is 3.14. The van der Waals surface area contributed by atoms with Crippen molar-refractivity contribution in [2.24, 2.45) is 0 Å². The molecule has 0 spiro atoms. The van der Waals surface area contributed by atoms with Crippen LogP contribution in [-0.2, 0) is 19.8 Å². The summed E-state index contributed by atoms with van der Waals surface area (Å²) in [6.45, 7) is 3.34. The molecule has 4 rings (SSSR count). The molecular formula is C38H44Cl2N4O7. The number of ether oxygens (including phenoxy) is 3. The summed E-state index contributed by atoms with van der Waals surface area (Å²) in [5, 5.41) is 50.9. The second-order valence-electron chi connectivity index (χ2n) is 12.1. The van der Waals surface area contributed by atoms with Crippen molar-refractivity contribution in [1.29, 1.82) is 5.26 Å². The predicted octanol–water partition coefficient (Wildman–Crippen LogP) is 4.89. The average molecular weight is 740 g/mol. The second-order valence-corrected chi connectivity index (χ2v) is 12.9. The lowest BCUT2D eigenvalue weighted by Gasteiger charge is -2.20. The fraction of sp³-hybridized carbons (Fsp3) is 0.368. The molecular weight excluding hydrogens is 695 g/mol. The Hall–Kier alpha value is -3.96. The summed E-state index contributed by atoms with van der Waals surface area (Å²) in [7, 11) is 1.88. The maximum absolute atomic E-state index is 9.64. The Balaban J connectivity index is 1.49. The molecule has 0 radical (unpaired) electrons. The van der Waals surface area contributed by atoms with Crippen molar-refractivity contribution < 1.29 is 34.6 Å². The molecule has 0 saturated heterocycles. The van der Waals surface area contributed by atoms with Gasteiger partial charge in [-0.3, -0.25) is 4.98 Å². The molecule has 0 amide bonds. The standard InChI is InChI=1S/C38H44Cl2N4O7/c1-25-28(6-3-7-32(25)33-8-4-9-35(38(33)40)49-11-5-10-44(2)19-31(48)22-47)24-51-37-14-36(50-23-27-12-26(15-41)16-42-17-27)29(13-34(37)39)18-43-30(20-45)21-46/h3-4,6-9,12-14,16-17,30-31,43,45-48H,5,10-11,18-24H2,1-2H3/t31-/m0/s1. The van der Waals surface area contributed by atoms with Gasteiger partial charge in [-0.25, -0.2) is 0 Å². The Morgan fingerprint density at radius 3 is 2.37 bits per heavy atom. The lowest BCUT2D eigenvalue weighted by atomic mass is 9.96. The molecule has 0 aliphatic carbocycles. The lowest BCUT2D eigenvalue weighted by molar-refractivity contribution is 0.0653. The van der Waals surface area contributed by atoms with Crippen molar-refractivity contribution in [3.8, 4) is 34.4 Å². The highest BCUT2D eigenvalue weighted by Gasteiger charge is 2.17. The van der Waals surface area contributed by atoms with Gasteiger partial charge in [0.25, 0.3) is 0 Å². The van der Waals surface area contributed by atoms with Gasteiger partial charge in [0.05, 0.1) is 54.2 Å². The fourth-order valence-electron chi connectivity index (χ4n) is 5.33. The monoisotopic (exact) mass is 738 g/mol. The number of likely N-dealkylation sites (N-methyl/N-ethyl adjacent to an activating group) is 1. The second kappa shape index (κ2) is 20.2. The molecule has 11 nitrogen and oxygen atoms in total. The molecule has 4 aromatic rings. The van der Waals surface area contributed by atoms with Gasteiger partial charge in [-0.2, -0.15) is 5.26 Å². The van der Waals surface area contributed by atoms with Gasteiger partial charge in [-0.15, -0.1) is 0 Å². The van der Waals surface area contributed by atoms with Crippen LogP contribution in [0.5, 0.6) is 17.2 Å². The molecule has 272 valence electrons. The molecule has 1 aromatic heterocycles. The number of hydrogen-bond donors (Lipinski definition) is 5. The summed E-state index contributed by atoms with van der Waals surface area (Å²) < 4.78 is 18.4. The number of pyridine rings is 1. The number of aliphatic hydroxyl groups is 4. The Bertz CT molecular complexity index is 1770. The fourth-order valence-corrected chi connectivity index (χ4v) is 5.85. The van der Waals surface area contributed by atoms with E-state index >= 15 is 0 Å². The minimum atomic E-state index is -0.773. The third-order valence-electron chi connectivity index (χ3n) is 8.21. The van der Waals surface area contributed by atoms with E-state index < -0.39 is 12.1 Å². The van der Waals surface area contributed by atoms with Gasteiger partial charge in [0.15, 0.2) is 0 Å². The Labute approximate surface area is 308 Å². The molecule has 13 heteroatoms. The first kappa shape index (κ1) is 39.8. The number of hydrogen-bond acceptors (Lipinski definition) is 11. The van der Waals surface area contributed by atoms with Crippen molar-refractivity contribution in [2.75, 3.05) is 46.6 Å². The zero-order valence-corrected chi connectivity index (χ0v) is 30.2. The third kappa shape index (κ3) is 11.5. The van der Waals surface area contributed by atoms with Crippen molar-refractivity contribution in [1.82, 2.24) is 15.2 Å². The van der Waals surface area contributed by atoms with Crippen molar-refractivity contribution >= 4 is 23.2 Å². The van der Waals surface area contributed by atoms with Crippen molar-refractivity contribution in [2.45, 2.75) is 45.2 Å². The summed E-state index contributed by atoms with van der Waals surface area (Å²) >= 11 is 13.6. The highest BCUT2D eigenvalue weighted by Crippen LogP contribution is 2.38. The van der Waals surface area contributed by atoms with Crippen LogP contribution in [0.25, 0.3) is 11.1 Å². The van der Waals surface area contributed by atoms with E-state index in [4.69, 9.17) is 42.5 Å². The zero-order chi connectivity index (χ0) is 36.8. The first-order valence-electron chi connectivity index (χ1n) is 16.5. The largest absolute Gasteiger partial charge is 0.492 e. The SMILES string of the molecule is Cc1c(COc2cc(OCc3cncc(C#N)c3)c(CNC(CO)CO)cc2Cl)cccc1-c1cccc(OCCCN(C)C[C@H](O)CO)c1Cl. The number of nitrogens with zero attached hydrogens (tertiary/aromatic N) is 3. The molecule has 0 fully saturated rings.